The zero-order valence-electron chi connectivity index (χ0n) is 8.47. The number of nitrogens with one attached hydrogen (secondary N) is 2. The van der Waals surface area contributed by atoms with Crippen molar-refractivity contribution < 1.29 is 4.79 Å². The molecule has 0 aliphatic heterocycles. The molecule has 1 aromatic heterocycles. The van der Waals surface area contributed by atoms with Crippen LogP contribution in [0.3, 0.4) is 0 Å². The van der Waals surface area contributed by atoms with Crippen molar-refractivity contribution in [3.8, 4) is 0 Å². The molecular weight excluding hydrogens is 206 g/mol. The average Bonchev–Trinajstić information content (AvgIpc) is 2.74. The van der Waals surface area contributed by atoms with Gasteiger partial charge in [-0.2, -0.15) is 4.98 Å². The van der Waals surface area contributed by atoms with Gasteiger partial charge in [0.1, 0.15) is 0 Å². The quantitative estimate of drug-likeness (QED) is 0.689. The summed E-state index contributed by atoms with van der Waals surface area (Å²) in [5.41, 5.74) is 6.31. The van der Waals surface area contributed by atoms with Crippen molar-refractivity contribution in [1.29, 1.82) is 0 Å². The van der Waals surface area contributed by atoms with Gasteiger partial charge in [-0.25, -0.2) is 0 Å². The van der Waals surface area contributed by atoms with Crippen LogP contribution in [-0.4, -0.2) is 21.1 Å². The highest BCUT2D eigenvalue weighted by molar-refractivity contribution is 5.90. The molecule has 0 unspecified atom stereocenters. The fourth-order valence-corrected chi connectivity index (χ4v) is 1.24. The molecule has 16 heavy (non-hydrogen) atoms. The Balaban J connectivity index is 1.94. The third-order valence-corrected chi connectivity index (χ3v) is 2.01. The molecule has 1 amide bonds. The fourth-order valence-electron chi connectivity index (χ4n) is 1.24. The molecule has 6 nitrogen and oxygen atoms in total. The third kappa shape index (κ3) is 2.35. The van der Waals surface area contributed by atoms with E-state index in [4.69, 9.17) is 5.73 Å². The predicted octanol–water partition coefficient (Wildman–Crippen LogP) is 0.317. The van der Waals surface area contributed by atoms with Crippen molar-refractivity contribution in [1.82, 2.24) is 20.5 Å². The molecule has 4 N–H and O–H groups in total. The Labute approximate surface area is 91.9 Å². The maximum absolute atomic E-state index is 11.5. The molecule has 1 aromatic carbocycles. The average molecular weight is 217 g/mol. The summed E-state index contributed by atoms with van der Waals surface area (Å²) in [5.74, 6) is -0.147. The summed E-state index contributed by atoms with van der Waals surface area (Å²) in [6.45, 7) is 0.445. The van der Waals surface area contributed by atoms with Gasteiger partial charge in [0.15, 0.2) is 0 Å². The number of aromatic amines is 1. The molecule has 82 valence electrons. The van der Waals surface area contributed by atoms with Crippen molar-refractivity contribution in [3.05, 3.63) is 41.7 Å². The predicted molar refractivity (Wildman–Crippen MR) is 58.4 cm³/mol. The van der Waals surface area contributed by atoms with Gasteiger partial charge in [-0.1, -0.05) is 30.3 Å². The van der Waals surface area contributed by atoms with Crippen molar-refractivity contribution >= 4 is 11.9 Å². The van der Waals surface area contributed by atoms with E-state index in [1.165, 1.54) is 0 Å². The number of nitrogens with zero attached hydrogens (tertiary/aromatic N) is 2. The summed E-state index contributed by atoms with van der Waals surface area (Å²) in [6, 6.07) is 9.59. The molecule has 0 aliphatic rings. The van der Waals surface area contributed by atoms with E-state index in [9.17, 15) is 4.79 Å². The molecule has 0 bridgehead atoms. The van der Waals surface area contributed by atoms with E-state index in [1.54, 1.807) is 0 Å². The van der Waals surface area contributed by atoms with Crippen molar-refractivity contribution in [2.75, 3.05) is 5.73 Å². The maximum Gasteiger partial charge on any atom is 0.288 e. The molecule has 2 aromatic rings. The van der Waals surface area contributed by atoms with Gasteiger partial charge in [0.25, 0.3) is 5.91 Å². The fraction of sp³-hybridized carbons (Fsp3) is 0.100. The first-order valence-corrected chi connectivity index (χ1v) is 4.76. The Morgan fingerprint density at radius 3 is 2.75 bits per heavy atom. The number of benzene rings is 1. The number of amides is 1. The van der Waals surface area contributed by atoms with Crippen molar-refractivity contribution in [3.63, 3.8) is 0 Å². The lowest BCUT2D eigenvalue weighted by Gasteiger charge is -2.02. The SMILES string of the molecule is Nc1n[nH]c(C(=O)NCc2ccccc2)n1. The van der Waals surface area contributed by atoms with Crippen LogP contribution in [0.15, 0.2) is 30.3 Å². The van der Waals surface area contributed by atoms with Crippen LogP contribution in [0, 0.1) is 0 Å². The highest BCUT2D eigenvalue weighted by atomic mass is 16.2. The Morgan fingerprint density at radius 1 is 1.38 bits per heavy atom. The minimum atomic E-state index is -0.326. The van der Waals surface area contributed by atoms with Gasteiger partial charge in [0, 0.05) is 6.54 Å². The van der Waals surface area contributed by atoms with E-state index in [0.29, 0.717) is 6.54 Å². The normalized spacial score (nSPS) is 10.0. The lowest BCUT2D eigenvalue weighted by molar-refractivity contribution is 0.0941. The molecule has 0 atom stereocenters. The minimum Gasteiger partial charge on any atom is -0.366 e. The van der Waals surface area contributed by atoms with Crippen molar-refractivity contribution in [2.45, 2.75) is 6.54 Å². The van der Waals surface area contributed by atoms with Crippen LogP contribution in [0.5, 0.6) is 0 Å². The highest BCUT2D eigenvalue weighted by Crippen LogP contribution is 1.98. The van der Waals surface area contributed by atoms with Crippen LogP contribution in [0.25, 0.3) is 0 Å². The first-order valence-electron chi connectivity index (χ1n) is 4.76. The molecule has 2 rings (SSSR count). The number of anilines is 1. The first kappa shape index (κ1) is 10.2. The Hall–Kier alpha value is -2.37. The Kier molecular flexibility index (Phi) is 2.81. The van der Waals surface area contributed by atoms with Gasteiger partial charge in [0.05, 0.1) is 0 Å². The molecule has 1 heterocycles. The summed E-state index contributed by atoms with van der Waals surface area (Å²) in [4.78, 5) is 15.3. The second-order valence-corrected chi connectivity index (χ2v) is 3.21. The molecular formula is C10H11N5O. The number of hydrogen-bond acceptors (Lipinski definition) is 4. The number of hydrogen-bond donors (Lipinski definition) is 3. The van der Waals surface area contributed by atoms with E-state index in [-0.39, 0.29) is 17.7 Å². The van der Waals surface area contributed by atoms with E-state index < -0.39 is 0 Å². The summed E-state index contributed by atoms with van der Waals surface area (Å²) in [6.07, 6.45) is 0. The Morgan fingerprint density at radius 2 is 2.12 bits per heavy atom. The van der Waals surface area contributed by atoms with Crippen LogP contribution in [0.2, 0.25) is 0 Å². The maximum atomic E-state index is 11.5. The number of carbonyl (C=O) groups is 1. The number of aromatic nitrogens is 3. The van der Waals surface area contributed by atoms with Crippen LogP contribution < -0.4 is 11.1 Å². The molecule has 6 heteroatoms. The number of nitrogens with two attached hydrogens (primary N) is 1. The largest absolute Gasteiger partial charge is 0.366 e. The number of nitrogen functional groups attached to an aromatic ring is 1. The minimum absolute atomic E-state index is 0.0601. The first-order chi connectivity index (χ1) is 7.75. The zero-order chi connectivity index (χ0) is 11.4. The molecule has 0 saturated heterocycles. The molecule has 0 radical (unpaired) electrons. The zero-order valence-corrected chi connectivity index (χ0v) is 8.47. The highest BCUT2D eigenvalue weighted by Gasteiger charge is 2.09. The van der Waals surface area contributed by atoms with Gasteiger partial charge < -0.3 is 11.1 Å². The molecule has 0 saturated carbocycles. The van der Waals surface area contributed by atoms with Gasteiger partial charge in [-0.05, 0) is 5.56 Å². The van der Waals surface area contributed by atoms with E-state index in [0.717, 1.165) is 5.56 Å². The number of H-pyrrole nitrogens is 1. The van der Waals surface area contributed by atoms with Gasteiger partial charge in [-0.15, -0.1) is 5.10 Å². The van der Waals surface area contributed by atoms with Crippen LogP contribution in [0.1, 0.15) is 16.2 Å². The van der Waals surface area contributed by atoms with Crippen LogP contribution >= 0.6 is 0 Å². The number of carbonyl (C=O) groups excluding carboxylic acids is 1. The summed E-state index contributed by atoms with van der Waals surface area (Å²) < 4.78 is 0. The van der Waals surface area contributed by atoms with Crippen LogP contribution in [0.4, 0.5) is 5.95 Å². The topological polar surface area (TPSA) is 96.7 Å². The third-order valence-electron chi connectivity index (χ3n) is 2.01. The second-order valence-electron chi connectivity index (χ2n) is 3.21. The summed E-state index contributed by atoms with van der Waals surface area (Å²) in [5, 5.41) is 8.72. The summed E-state index contributed by atoms with van der Waals surface area (Å²) >= 11 is 0. The molecule has 0 fully saturated rings. The van der Waals surface area contributed by atoms with Gasteiger partial charge >= 0.3 is 0 Å². The van der Waals surface area contributed by atoms with Gasteiger partial charge in [0.2, 0.25) is 11.8 Å². The smallest absolute Gasteiger partial charge is 0.288 e. The molecule has 0 spiro atoms. The monoisotopic (exact) mass is 217 g/mol. The standard InChI is InChI=1S/C10H11N5O/c11-10-13-8(14-15-10)9(16)12-6-7-4-2-1-3-5-7/h1-5H,6H2,(H,12,16)(H3,11,13,14,15). The second kappa shape index (κ2) is 4.43. The van der Waals surface area contributed by atoms with Crippen molar-refractivity contribution in [2.24, 2.45) is 0 Å². The van der Waals surface area contributed by atoms with Crippen LogP contribution in [-0.2, 0) is 6.54 Å². The summed E-state index contributed by atoms with van der Waals surface area (Å²) in [7, 11) is 0. The molecule has 0 aliphatic carbocycles. The van der Waals surface area contributed by atoms with E-state index in [1.807, 2.05) is 30.3 Å². The lowest BCUT2D eigenvalue weighted by Crippen LogP contribution is -2.24. The Bertz CT molecular complexity index is 479. The lowest BCUT2D eigenvalue weighted by atomic mass is 10.2. The van der Waals surface area contributed by atoms with Gasteiger partial charge in [-0.3, -0.25) is 9.89 Å². The number of rotatable bonds is 3. The van der Waals surface area contributed by atoms with E-state index in [2.05, 4.69) is 20.5 Å². The van der Waals surface area contributed by atoms with E-state index >= 15 is 0 Å².